The Morgan fingerprint density at radius 3 is 1.50 bits per heavy atom. The Hall–Kier alpha value is -0.916. The van der Waals surface area contributed by atoms with Crippen LogP contribution in [0.5, 0.6) is 0 Å². The zero-order chi connectivity index (χ0) is 15.3. The molecule has 0 saturated carbocycles. The molecule has 2 atom stereocenters. The molecule has 24 heavy (non-hydrogen) atoms. The summed E-state index contributed by atoms with van der Waals surface area (Å²) in [6, 6.07) is 17.7. The molecule has 0 aliphatic heterocycles. The van der Waals surface area contributed by atoms with E-state index in [1.807, 2.05) is 0 Å². The molecule has 2 aliphatic carbocycles. The average molecular weight is 391 g/mol. The summed E-state index contributed by atoms with van der Waals surface area (Å²) >= 11 is -1.61. The molecule has 0 radical (unpaired) electrons. The van der Waals surface area contributed by atoms with Gasteiger partial charge in [0.15, 0.2) is 0 Å². The molecule has 2 aromatic rings. The van der Waals surface area contributed by atoms with Crippen molar-refractivity contribution in [2.75, 3.05) is 0 Å². The van der Waals surface area contributed by atoms with Gasteiger partial charge in [-0.1, -0.05) is 0 Å². The predicted octanol–water partition coefficient (Wildman–Crippen LogP) is -0.639. The summed E-state index contributed by atoms with van der Waals surface area (Å²) in [6.45, 7) is 4.59. The van der Waals surface area contributed by atoms with Crippen LogP contribution in [0.4, 0.5) is 0 Å². The summed E-state index contributed by atoms with van der Waals surface area (Å²) in [4.78, 5) is 4.79. The molecule has 0 fully saturated rings. The van der Waals surface area contributed by atoms with Gasteiger partial charge in [-0.25, -0.2) is 0 Å². The minimum absolute atomic E-state index is 0. The van der Waals surface area contributed by atoms with Gasteiger partial charge in [0, 0.05) is 0 Å². The zero-order valence-corrected chi connectivity index (χ0v) is 17.0. The van der Waals surface area contributed by atoms with E-state index in [-0.39, 0.29) is 24.8 Å². The fraction of sp³-hybridized carbons (Fsp3) is 0.190. The molecule has 0 bridgehead atoms. The van der Waals surface area contributed by atoms with E-state index in [1.165, 1.54) is 33.4 Å². The minimum Gasteiger partial charge on any atom is -1.00 e. The van der Waals surface area contributed by atoms with Gasteiger partial charge >= 0.3 is 139 Å². The van der Waals surface area contributed by atoms with Crippen LogP contribution in [0, 0.1) is 0 Å². The number of halogens is 2. The Morgan fingerprint density at radius 2 is 1.08 bits per heavy atom. The van der Waals surface area contributed by atoms with Gasteiger partial charge in [-0.05, 0) is 0 Å². The van der Waals surface area contributed by atoms with Crippen LogP contribution in [0.2, 0.25) is 0 Å². The summed E-state index contributed by atoms with van der Waals surface area (Å²) < 4.78 is 1.19. The molecule has 0 spiro atoms. The van der Waals surface area contributed by atoms with E-state index in [1.54, 1.807) is 0 Å². The van der Waals surface area contributed by atoms with Gasteiger partial charge in [-0.15, -0.1) is 0 Å². The first-order chi connectivity index (χ1) is 10.7. The van der Waals surface area contributed by atoms with Gasteiger partial charge in [0.25, 0.3) is 0 Å². The fourth-order valence-electron chi connectivity index (χ4n) is 4.11. The van der Waals surface area contributed by atoms with Crippen molar-refractivity contribution < 1.29 is 42.2 Å². The predicted molar refractivity (Wildman–Crippen MR) is 92.8 cm³/mol. The summed E-state index contributed by atoms with van der Waals surface area (Å²) in [5.74, 6) is 0. The number of rotatable bonds is 2. The average Bonchev–Trinajstić information content (AvgIpc) is 3.01. The molecule has 2 unspecified atom stereocenters. The van der Waals surface area contributed by atoms with E-state index in [9.17, 15) is 0 Å². The van der Waals surface area contributed by atoms with Crippen LogP contribution in [0.1, 0.15) is 44.5 Å². The van der Waals surface area contributed by atoms with Crippen molar-refractivity contribution in [1.29, 1.82) is 0 Å². The molecule has 0 amide bonds. The van der Waals surface area contributed by atoms with Crippen molar-refractivity contribution in [3.8, 4) is 0 Å². The second kappa shape index (κ2) is 7.54. The molecule has 0 saturated heterocycles. The normalized spacial score (nSPS) is 19.7. The van der Waals surface area contributed by atoms with Crippen LogP contribution in [-0.4, -0.2) is 4.82 Å². The summed E-state index contributed by atoms with van der Waals surface area (Å²) in [5, 5.41) is 0. The maximum Gasteiger partial charge on any atom is -1.00 e. The van der Waals surface area contributed by atoms with Gasteiger partial charge in [0.05, 0.1) is 0 Å². The van der Waals surface area contributed by atoms with Gasteiger partial charge in [-0.3, -0.25) is 0 Å². The van der Waals surface area contributed by atoms with Crippen molar-refractivity contribution >= 4 is 17.0 Å². The van der Waals surface area contributed by atoms with E-state index >= 15 is 0 Å². The molecule has 0 N–H and O–H groups in total. The van der Waals surface area contributed by atoms with Crippen molar-refractivity contribution in [1.82, 2.24) is 0 Å². The molecule has 4 rings (SSSR count). The molecule has 2 aliphatic rings. The molecular formula is C21H20Cl2Ti. The Balaban J connectivity index is 0.00000104. The molecular weight excluding hydrogens is 371 g/mol. The van der Waals surface area contributed by atoms with Crippen LogP contribution in [0.3, 0.4) is 0 Å². The third-order valence-electron chi connectivity index (χ3n) is 5.03. The topological polar surface area (TPSA) is 0 Å². The standard InChI is InChI=1S/2C10H9.CH2.2ClH.Ti/c2*1-8-6-9-4-2-3-5-10(9)7-8;;;;/h2*2-7H,1H3;1H2;2*1H;/q;;;;;+2/p-2. The number of allylic oxidation sites excluding steroid dienone is 2. The van der Waals surface area contributed by atoms with E-state index in [0.29, 0.717) is 8.45 Å². The molecule has 0 nitrogen and oxygen atoms in total. The Bertz CT molecular complexity index is 779. The van der Waals surface area contributed by atoms with Crippen molar-refractivity contribution in [2.24, 2.45) is 0 Å². The quantitative estimate of drug-likeness (QED) is 0.598. The number of fused-ring (bicyclic) bond motifs is 2. The van der Waals surface area contributed by atoms with Gasteiger partial charge in [0.2, 0.25) is 0 Å². The first-order valence-electron chi connectivity index (χ1n) is 7.90. The van der Waals surface area contributed by atoms with Crippen LogP contribution < -0.4 is 24.8 Å². The van der Waals surface area contributed by atoms with Crippen molar-refractivity contribution in [2.45, 2.75) is 22.3 Å². The van der Waals surface area contributed by atoms with Crippen molar-refractivity contribution in [3.05, 3.63) is 81.9 Å². The number of benzene rings is 2. The summed E-state index contributed by atoms with van der Waals surface area (Å²) in [5.41, 5.74) is 8.88. The van der Waals surface area contributed by atoms with E-state index in [2.05, 4.69) is 74.5 Å². The van der Waals surface area contributed by atoms with Crippen LogP contribution in [-0.2, 0) is 17.4 Å². The molecule has 0 heterocycles. The SMILES string of the molecule is [CH2]=[Ti+2]([CH]1C(C)=Cc2ccccc21)[CH]1C(C)=Cc2ccccc21.[Cl-].[Cl-]. The molecule has 3 heteroatoms. The van der Waals surface area contributed by atoms with Gasteiger partial charge in [-0.2, -0.15) is 0 Å². The van der Waals surface area contributed by atoms with Crippen LogP contribution >= 0.6 is 0 Å². The second-order valence-electron chi connectivity index (χ2n) is 6.48. The van der Waals surface area contributed by atoms with E-state index in [0.717, 1.165) is 0 Å². The maximum atomic E-state index is 4.79. The third kappa shape index (κ3) is 3.02. The zero-order valence-electron chi connectivity index (χ0n) is 13.9. The maximum absolute atomic E-state index is 4.79. The molecule has 0 aromatic heterocycles. The largest absolute Gasteiger partial charge is 1.00 e. The Kier molecular flexibility index (Phi) is 6.10. The summed E-state index contributed by atoms with van der Waals surface area (Å²) in [7, 11) is 0. The van der Waals surface area contributed by atoms with E-state index < -0.39 is 17.4 Å². The van der Waals surface area contributed by atoms with Crippen LogP contribution in [0.15, 0.2) is 59.7 Å². The monoisotopic (exact) mass is 390 g/mol. The fourth-order valence-corrected chi connectivity index (χ4v) is 8.79. The van der Waals surface area contributed by atoms with Crippen molar-refractivity contribution in [3.63, 3.8) is 0 Å². The van der Waals surface area contributed by atoms with Gasteiger partial charge < -0.3 is 24.8 Å². The minimum atomic E-state index is -1.61. The molecule has 122 valence electrons. The number of hydrogen-bond acceptors (Lipinski definition) is 0. The Labute approximate surface area is 162 Å². The van der Waals surface area contributed by atoms with Crippen LogP contribution in [0.25, 0.3) is 12.2 Å². The second-order valence-corrected chi connectivity index (χ2v) is 10.1. The molecule has 2 aromatic carbocycles. The first kappa shape index (κ1) is 19.4. The first-order valence-corrected chi connectivity index (χ1v) is 10.8. The van der Waals surface area contributed by atoms with Gasteiger partial charge in [0.1, 0.15) is 0 Å². The number of hydrogen-bond donors (Lipinski definition) is 0. The Morgan fingerprint density at radius 1 is 0.708 bits per heavy atom. The third-order valence-corrected chi connectivity index (χ3v) is 9.74. The smallest absolute Gasteiger partial charge is 1.00 e. The summed E-state index contributed by atoms with van der Waals surface area (Å²) in [6.07, 6.45) is 4.75. The van der Waals surface area contributed by atoms with E-state index in [4.69, 9.17) is 4.82 Å².